The van der Waals surface area contributed by atoms with Crippen molar-refractivity contribution in [2.75, 3.05) is 32.7 Å². The summed E-state index contributed by atoms with van der Waals surface area (Å²) in [7, 11) is -3.76. The Balaban J connectivity index is 1.50. The summed E-state index contributed by atoms with van der Waals surface area (Å²) in [6, 6.07) is 12.6. The zero-order valence-electron chi connectivity index (χ0n) is 15.1. The van der Waals surface area contributed by atoms with Gasteiger partial charge in [0.05, 0.1) is 4.90 Å². The number of hydrogen-bond acceptors (Lipinski definition) is 3. The van der Waals surface area contributed by atoms with Gasteiger partial charge in [0.2, 0.25) is 10.0 Å². The third-order valence-electron chi connectivity index (χ3n) is 4.59. The molecule has 2 aromatic carbocycles. The van der Waals surface area contributed by atoms with E-state index in [9.17, 15) is 17.6 Å². The summed E-state index contributed by atoms with van der Waals surface area (Å²) in [5, 5.41) is 2.87. The van der Waals surface area contributed by atoms with Gasteiger partial charge >= 0.3 is 6.03 Å². The number of nitrogens with one attached hydrogen (secondary N) is 1. The minimum atomic E-state index is -3.76. The highest BCUT2D eigenvalue weighted by Gasteiger charge is 2.30. The first-order valence-corrected chi connectivity index (χ1v) is 11.1. The van der Waals surface area contributed by atoms with Gasteiger partial charge in [0, 0.05) is 37.2 Å². The van der Waals surface area contributed by atoms with Gasteiger partial charge in [-0.15, -0.1) is 0 Å². The molecule has 2 aromatic rings. The molecule has 0 radical (unpaired) electrons. The lowest BCUT2D eigenvalue weighted by molar-refractivity contribution is 0.172. The maximum Gasteiger partial charge on any atom is 0.317 e. The molecule has 150 valence electrons. The van der Waals surface area contributed by atoms with Crippen LogP contribution in [-0.2, 0) is 16.4 Å². The van der Waals surface area contributed by atoms with E-state index in [-0.39, 0.29) is 37.1 Å². The van der Waals surface area contributed by atoms with E-state index in [0.717, 1.165) is 16.1 Å². The van der Waals surface area contributed by atoms with E-state index in [2.05, 4.69) is 21.2 Å². The second kappa shape index (κ2) is 9.02. The number of hydrogen-bond donors (Lipinski definition) is 1. The number of sulfonamides is 1. The smallest absolute Gasteiger partial charge is 0.317 e. The number of benzene rings is 2. The lowest BCUT2D eigenvalue weighted by Gasteiger charge is -2.34. The second-order valence-electron chi connectivity index (χ2n) is 6.42. The van der Waals surface area contributed by atoms with Crippen LogP contribution in [0.3, 0.4) is 0 Å². The number of nitrogens with zero attached hydrogens (tertiary/aromatic N) is 2. The Morgan fingerprint density at radius 1 is 1.07 bits per heavy atom. The molecule has 0 aliphatic carbocycles. The summed E-state index contributed by atoms with van der Waals surface area (Å²) < 4.78 is 40.9. The molecule has 0 bridgehead atoms. The average Bonchev–Trinajstić information content (AvgIpc) is 2.69. The van der Waals surface area contributed by atoms with Crippen LogP contribution in [0.25, 0.3) is 0 Å². The Bertz CT molecular complexity index is 947. The van der Waals surface area contributed by atoms with Crippen molar-refractivity contribution >= 4 is 32.0 Å². The van der Waals surface area contributed by atoms with E-state index in [1.54, 1.807) is 4.90 Å². The van der Waals surface area contributed by atoms with Crippen molar-refractivity contribution in [2.24, 2.45) is 0 Å². The molecule has 0 unspecified atom stereocenters. The fourth-order valence-electron chi connectivity index (χ4n) is 3.03. The maximum atomic E-state index is 13.4. The molecular weight excluding hydrogens is 449 g/mol. The molecule has 2 amide bonds. The predicted octanol–water partition coefficient (Wildman–Crippen LogP) is 2.85. The van der Waals surface area contributed by atoms with Gasteiger partial charge in [0.15, 0.2) is 0 Å². The van der Waals surface area contributed by atoms with Gasteiger partial charge in [0.25, 0.3) is 0 Å². The molecule has 1 aliphatic rings. The Hall–Kier alpha value is -1.97. The van der Waals surface area contributed by atoms with Gasteiger partial charge in [-0.2, -0.15) is 4.31 Å². The van der Waals surface area contributed by atoms with E-state index >= 15 is 0 Å². The predicted molar refractivity (Wildman–Crippen MR) is 108 cm³/mol. The van der Waals surface area contributed by atoms with Gasteiger partial charge in [-0.05, 0) is 36.2 Å². The van der Waals surface area contributed by atoms with Crippen molar-refractivity contribution in [3.05, 3.63) is 64.4 Å². The van der Waals surface area contributed by atoms with E-state index in [1.807, 2.05) is 24.3 Å². The Kier molecular flexibility index (Phi) is 6.69. The number of piperazine rings is 1. The monoisotopic (exact) mass is 469 g/mol. The summed E-state index contributed by atoms with van der Waals surface area (Å²) in [5.74, 6) is -0.593. The number of urea groups is 1. The summed E-state index contributed by atoms with van der Waals surface area (Å²) >= 11 is 3.48. The summed E-state index contributed by atoms with van der Waals surface area (Å²) in [5.41, 5.74) is 1.11. The fraction of sp³-hybridized carbons (Fsp3) is 0.316. The van der Waals surface area contributed by atoms with E-state index in [0.29, 0.717) is 13.0 Å². The molecule has 1 heterocycles. The second-order valence-corrected chi connectivity index (χ2v) is 9.21. The van der Waals surface area contributed by atoms with E-state index < -0.39 is 15.8 Å². The molecule has 0 aromatic heterocycles. The topological polar surface area (TPSA) is 69.7 Å². The molecule has 28 heavy (non-hydrogen) atoms. The van der Waals surface area contributed by atoms with Crippen LogP contribution in [0, 0.1) is 5.82 Å². The number of halogens is 2. The van der Waals surface area contributed by atoms with Crippen LogP contribution in [0.2, 0.25) is 0 Å². The standard InChI is InChI=1S/C19H21BrFN3O3S/c20-18-7-2-1-4-15(18)8-9-22-19(25)23-10-12-24(13-11-23)28(26,27)17-6-3-5-16(21)14-17/h1-7,14H,8-13H2,(H,22,25). The number of amides is 2. The summed E-state index contributed by atoms with van der Waals surface area (Å²) in [6.07, 6.45) is 0.696. The van der Waals surface area contributed by atoms with Crippen LogP contribution in [0.4, 0.5) is 9.18 Å². The van der Waals surface area contributed by atoms with Crippen molar-refractivity contribution in [3.63, 3.8) is 0 Å². The normalized spacial score (nSPS) is 15.4. The first-order valence-electron chi connectivity index (χ1n) is 8.90. The van der Waals surface area contributed by atoms with Gasteiger partial charge in [-0.1, -0.05) is 40.2 Å². The quantitative estimate of drug-likeness (QED) is 0.731. The number of carbonyl (C=O) groups excluding carboxylic acids is 1. The molecule has 0 atom stereocenters. The Labute approximate surface area is 172 Å². The molecule has 6 nitrogen and oxygen atoms in total. The van der Waals surface area contributed by atoms with Crippen LogP contribution >= 0.6 is 15.9 Å². The van der Waals surface area contributed by atoms with Crippen molar-refractivity contribution < 1.29 is 17.6 Å². The van der Waals surface area contributed by atoms with E-state index in [4.69, 9.17) is 0 Å². The molecule has 9 heteroatoms. The molecular formula is C19H21BrFN3O3S. The molecule has 1 N–H and O–H groups in total. The number of carbonyl (C=O) groups is 1. The third-order valence-corrected chi connectivity index (χ3v) is 7.26. The van der Waals surface area contributed by atoms with Crippen LogP contribution < -0.4 is 5.32 Å². The van der Waals surface area contributed by atoms with Crippen molar-refractivity contribution in [2.45, 2.75) is 11.3 Å². The first-order chi connectivity index (χ1) is 13.4. The minimum Gasteiger partial charge on any atom is -0.338 e. The summed E-state index contributed by atoms with van der Waals surface area (Å²) in [6.45, 7) is 1.42. The molecule has 1 fully saturated rings. The molecule has 1 aliphatic heterocycles. The number of rotatable bonds is 5. The highest BCUT2D eigenvalue weighted by molar-refractivity contribution is 9.10. The third kappa shape index (κ3) is 4.89. The Morgan fingerprint density at radius 2 is 1.79 bits per heavy atom. The lowest BCUT2D eigenvalue weighted by atomic mass is 10.1. The average molecular weight is 470 g/mol. The zero-order valence-corrected chi connectivity index (χ0v) is 17.5. The minimum absolute atomic E-state index is 0.0705. The SMILES string of the molecule is O=C(NCCc1ccccc1Br)N1CCN(S(=O)(=O)c2cccc(F)c2)CC1. The largest absolute Gasteiger partial charge is 0.338 e. The van der Waals surface area contributed by atoms with Crippen LogP contribution in [0.1, 0.15) is 5.56 Å². The van der Waals surface area contributed by atoms with Gasteiger partial charge < -0.3 is 10.2 Å². The van der Waals surface area contributed by atoms with Gasteiger partial charge in [0.1, 0.15) is 5.82 Å². The lowest BCUT2D eigenvalue weighted by Crippen LogP contribution is -2.53. The molecule has 0 saturated carbocycles. The van der Waals surface area contributed by atoms with Gasteiger partial charge in [-0.3, -0.25) is 0 Å². The van der Waals surface area contributed by atoms with Crippen molar-refractivity contribution in [3.8, 4) is 0 Å². The van der Waals surface area contributed by atoms with Crippen LogP contribution in [0.5, 0.6) is 0 Å². The zero-order chi connectivity index (χ0) is 20.1. The highest BCUT2D eigenvalue weighted by Crippen LogP contribution is 2.19. The molecule has 1 saturated heterocycles. The molecule has 3 rings (SSSR count). The van der Waals surface area contributed by atoms with Crippen molar-refractivity contribution in [1.82, 2.24) is 14.5 Å². The first kappa shape index (κ1) is 20.8. The maximum absolute atomic E-state index is 13.4. The van der Waals surface area contributed by atoms with Crippen molar-refractivity contribution in [1.29, 1.82) is 0 Å². The van der Waals surface area contributed by atoms with Crippen LogP contribution in [0.15, 0.2) is 57.9 Å². The van der Waals surface area contributed by atoms with Gasteiger partial charge in [-0.25, -0.2) is 17.6 Å². The Morgan fingerprint density at radius 3 is 2.46 bits per heavy atom. The summed E-state index contributed by atoms with van der Waals surface area (Å²) in [4.78, 5) is 13.9. The van der Waals surface area contributed by atoms with E-state index in [1.165, 1.54) is 22.5 Å². The molecule has 0 spiro atoms. The highest BCUT2D eigenvalue weighted by atomic mass is 79.9. The fourth-order valence-corrected chi connectivity index (χ4v) is 4.96. The van der Waals surface area contributed by atoms with Crippen LogP contribution in [-0.4, -0.2) is 56.4 Å².